The van der Waals surface area contributed by atoms with Crippen molar-refractivity contribution in [3.8, 4) is 169 Å². The van der Waals surface area contributed by atoms with Crippen LogP contribution in [0.1, 0.15) is 0 Å². The molecule has 0 unspecified atom stereocenters. The van der Waals surface area contributed by atoms with E-state index < -0.39 is 0 Å². The smallest absolute Gasteiger partial charge is 0.228 e. The zero-order valence-corrected chi connectivity index (χ0v) is 75.6. The Morgan fingerprint density at radius 3 is 0.830 bits per heavy atom. The SMILES string of the molecule is c1ccc(-c2ccc(-c3ccc(-c4nc(-c5ccccc5)nc(-c5cccc6oc7cc8ncccc8cc7c56)n4)cc3)cc2)cc1.c1ccc(-c2ccc(-c3ccc(-c4nc(-c5ccccc5)nc(-c5cccc6oc7nc8ccccc8cc7c56)n4)cc3)cc2)cc1.c1ccc(-c2ccc(-c3ccc(-c4nc(-c5ccccc5)nc(-c5ccnc6oc7cc8ccccc8cc7c56)n4)cc3)cc2)cc1. The number of fused-ring (bicyclic) bond motifs is 12. The summed E-state index contributed by atoms with van der Waals surface area (Å²) in [5.74, 6) is 5.39. The van der Waals surface area contributed by atoms with Crippen molar-refractivity contribution < 1.29 is 13.3 Å². The number of hydrogen-bond acceptors (Lipinski definition) is 15. The average molecular weight is 1810 g/mol. The lowest BCUT2D eigenvalue weighted by Gasteiger charge is -2.10. The van der Waals surface area contributed by atoms with Gasteiger partial charge in [0, 0.05) is 106 Å². The summed E-state index contributed by atoms with van der Waals surface area (Å²) in [6, 6.07) is 157. The number of nitrogens with zero attached hydrogens (tertiary/aromatic N) is 12. The maximum atomic E-state index is 6.33. The highest BCUT2D eigenvalue weighted by molar-refractivity contribution is 6.17. The molecule has 27 rings (SSSR count). The molecule has 18 aromatic carbocycles. The third-order valence-electron chi connectivity index (χ3n) is 25.8. The molecular weight excluding hydrogens is 1730 g/mol. The molecule has 9 aromatic heterocycles. The van der Waals surface area contributed by atoms with Crippen LogP contribution >= 0.6 is 0 Å². The molecule has 0 atom stereocenters. The molecule has 0 N–H and O–H groups in total. The molecule has 0 saturated heterocycles. The van der Waals surface area contributed by atoms with Crippen LogP contribution < -0.4 is 0 Å². The predicted octanol–water partition coefficient (Wildman–Crippen LogP) is 32.0. The molecule has 0 radical (unpaired) electrons. The van der Waals surface area contributed by atoms with Crippen molar-refractivity contribution in [2.45, 2.75) is 0 Å². The van der Waals surface area contributed by atoms with Crippen molar-refractivity contribution in [1.29, 1.82) is 0 Å². The Labute approximate surface area is 809 Å². The fraction of sp³-hybridized carbons (Fsp3) is 0. The van der Waals surface area contributed by atoms with Gasteiger partial charge in [0.25, 0.3) is 0 Å². The predicted molar refractivity (Wildman–Crippen MR) is 569 cm³/mol. The van der Waals surface area contributed by atoms with E-state index in [-0.39, 0.29) is 0 Å². The lowest BCUT2D eigenvalue weighted by molar-refractivity contribution is 0.654. The van der Waals surface area contributed by atoms with Crippen LogP contribution in [0.15, 0.2) is 487 Å². The van der Waals surface area contributed by atoms with Gasteiger partial charge in [0.05, 0.1) is 16.4 Å². The molecule has 0 aliphatic carbocycles. The summed E-state index contributed by atoms with van der Waals surface area (Å²) in [6.07, 6.45) is 3.55. The summed E-state index contributed by atoms with van der Waals surface area (Å²) in [5.41, 5.74) is 28.1. The van der Waals surface area contributed by atoms with Crippen molar-refractivity contribution >= 4 is 98.7 Å². The maximum Gasteiger partial charge on any atom is 0.228 e. The number of benzene rings is 18. The van der Waals surface area contributed by atoms with Crippen LogP contribution in [0, 0.1) is 0 Å². The average Bonchev–Trinajstić information content (AvgIpc) is 1.61. The van der Waals surface area contributed by atoms with Crippen LogP contribution in [0.2, 0.25) is 0 Å². The summed E-state index contributed by atoms with van der Waals surface area (Å²) in [7, 11) is 0. The van der Waals surface area contributed by atoms with Gasteiger partial charge >= 0.3 is 0 Å². The molecule has 0 fully saturated rings. The van der Waals surface area contributed by atoms with Crippen LogP contribution in [0.5, 0.6) is 0 Å². The number of rotatable bonds is 15. The molecule has 27 aromatic rings. The summed E-state index contributed by atoms with van der Waals surface area (Å²) in [6.45, 7) is 0. The summed E-state index contributed by atoms with van der Waals surface area (Å²) < 4.78 is 18.8. The van der Waals surface area contributed by atoms with Gasteiger partial charge in [-0.3, -0.25) is 4.98 Å². The molecular formula is C126H78N12O3. The van der Waals surface area contributed by atoms with E-state index >= 15 is 0 Å². The van der Waals surface area contributed by atoms with Gasteiger partial charge in [0.15, 0.2) is 52.4 Å². The minimum atomic E-state index is 0.554. The minimum Gasteiger partial charge on any atom is -0.456 e. The van der Waals surface area contributed by atoms with Gasteiger partial charge in [-0.2, -0.15) is 0 Å². The van der Waals surface area contributed by atoms with Crippen LogP contribution in [0.4, 0.5) is 0 Å². The van der Waals surface area contributed by atoms with Gasteiger partial charge < -0.3 is 13.3 Å². The van der Waals surface area contributed by atoms with E-state index in [2.05, 4.69) is 283 Å². The highest BCUT2D eigenvalue weighted by Gasteiger charge is 2.25. The first-order valence-corrected chi connectivity index (χ1v) is 46.7. The number of furan rings is 3. The van der Waals surface area contributed by atoms with Crippen LogP contribution in [0.3, 0.4) is 0 Å². The fourth-order valence-corrected chi connectivity index (χ4v) is 18.6. The molecule has 0 amide bonds. The quantitative estimate of drug-likeness (QED) is 0.0940. The highest BCUT2D eigenvalue weighted by atomic mass is 16.3. The lowest BCUT2D eigenvalue weighted by atomic mass is 9.99. The number of aromatic nitrogens is 12. The third-order valence-corrected chi connectivity index (χ3v) is 25.8. The highest BCUT2D eigenvalue weighted by Crippen LogP contribution is 2.44. The molecule has 0 spiro atoms. The minimum absolute atomic E-state index is 0.554. The summed E-state index contributed by atoms with van der Waals surface area (Å²) in [5, 5.41) is 10.1. The van der Waals surface area contributed by atoms with Gasteiger partial charge in [0.2, 0.25) is 11.4 Å². The number of pyridine rings is 3. The topological polar surface area (TPSA) is 194 Å². The molecule has 141 heavy (non-hydrogen) atoms. The van der Waals surface area contributed by atoms with Crippen molar-refractivity contribution in [3.05, 3.63) is 473 Å². The normalized spacial score (nSPS) is 11.4. The second-order valence-corrected chi connectivity index (χ2v) is 34.6. The second-order valence-electron chi connectivity index (χ2n) is 34.6. The van der Waals surface area contributed by atoms with E-state index in [1.165, 1.54) is 33.4 Å². The van der Waals surface area contributed by atoms with Gasteiger partial charge in [-0.25, -0.2) is 54.8 Å². The monoisotopic (exact) mass is 1810 g/mol. The number of hydrogen-bond donors (Lipinski definition) is 0. The summed E-state index contributed by atoms with van der Waals surface area (Å²) >= 11 is 0. The van der Waals surface area contributed by atoms with Crippen LogP contribution in [-0.4, -0.2) is 59.8 Å². The molecule has 0 aliphatic rings. The van der Waals surface area contributed by atoms with Gasteiger partial charge in [0.1, 0.15) is 22.3 Å². The first-order valence-electron chi connectivity index (χ1n) is 46.7. The summed E-state index contributed by atoms with van der Waals surface area (Å²) in [4.78, 5) is 59.0. The zero-order chi connectivity index (χ0) is 93.5. The van der Waals surface area contributed by atoms with E-state index in [0.29, 0.717) is 63.8 Å². The van der Waals surface area contributed by atoms with Crippen molar-refractivity contribution in [2.75, 3.05) is 0 Å². The number of para-hydroxylation sites is 1. The van der Waals surface area contributed by atoms with E-state index in [1.54, 1.807) is 12.4 Å². The largest absolute Gasteiger partial charge is 0.456 e. The van der Waals surface area contributed by atoms with Crippen molar-refractivity contribution in [3.63, 3.8) is 0 Å². The first-order chi connectivity index (χ1) is 69.8. The van der Waals surface area contributed by atoms with Gasteiger partial charge in [-0.15, -0.1) is 0 Å². The van der Waals surface area contributed by atoms with Gasteiger partial charge in [-0.05, 0) is 132 Å². The van der Waals surface area contributed by atoms with E-state index in [9.17, 15) is 0 Å². The molecule has 0 aliphatic heterocycles. The Morgan fingerprint density at radius 2 is 0.418 bits per heavy atom. The first kappa shape index (κ1) is 83.4. The Morgan fingerprint density at radius 1 is 0.142 bits per heavy atom. The Balaban J connectivity index is 0.000000111. The lowest BCUT2D eigenvalue weighted by Crippen LogP contribution is -2.00. The Bertz CT molecular complexity index is 8490. The standard InChI is InChI=1S/3C42H26N4O/c1-3-9-27(10-4-1)28-16-18-29(19-17-28)30-20-22-32(23-21-30)41-44-40(31-11-5-2-6-12-31)45-42(46-41)34-14-7-15-37-39(34)35-25-33-13-8-24-43-36(33)26-38(35)47-37;1-3-10-27(11-4-1)28-18-20-29(21-19-28)30-22-24-32(25-23-30)40-44-39(31-12-5-2-6-13-31)45-41(46-40)34-15-9-17-37-38(34)35-26-33-14-7-8-16-36(33)43-42(35)47-37;1-3-9-27(10-4-1)28-15-17-29(18-16-28)30-19-21-32(22-20-30)40-44-39(31-11-5-2-6-12-31)45-41(46-40)35-23-24-43-42-38(35)36-25-33-13-7-8-14-34(33)26-37(36)47-42/h3*1-26H. The molecule has 15 heteroatoms. The molecule has 0 saturated carbocycles. The second kappa shape index (κ2) is 36.4. The molecule has 15 nitrogen and oxygen atoms in total. The Kier molecular flexibility index (Phi) is 21.6. The van der Waals surface area contributed by atoms with Crippen molar-refractivity contribution in [2.24, 2.45) is 0 Å². The zero-order valence-electron chi connectivity index (χ0n) is 75.6. The third kappa shape index (κ3) is 16.6. The van der Waals surface area contributed by atoms with Crippen LogP contribution in [0.25, 0.3) is 268 Å². The van der Waals surface area contributed by atoms with E-state index in [0.717, 1.165) is 171 Å². The molecule has 9 heterocycles. The maximum absolute atomic E-state index is 6.33. The van der Waals surface area contributed by atoms with E-state index in [1.807, 2.05) is 188 Å². The van der Waals surface area contributed by atoms with Gasteiger partial charge in [-0.1, -0.05) is 400 Å². The van der Waals surface area contributed by atoms with Crippen LogP contribution in [-0.2, 0) is 0 Å². The fourth-order valence-electron chi connectivity index (χ4n) is 18.6. The Hall–Kier alpha value is -19.4. The van der Waals surface area contributed by atoms with E-state index in [4.69, 9.17) is 63.1 Å². The molecule has 660 valence electrons. The van der Waals surface area contributed by atoms with Crippen molar-refractivity contribution in [1.82, 2.24) is 59.8 Å². The molecule has 0 bridgehead atoms.